The number of carbonyl (C=O) groups excluding carboxylic acids is 1. The van der Waals surface area contributed by atoms with E-state index in [2.05, 4.69) is 10.6 Å². The number of carbonyl (C=O) groups is 2. The second-order valence-electron chi connectivity index (χ2n) is 5.34. The van der Waals surface area contributed by atoms with Crippen molar-refractivity contribution in [3.8, 4) is 11.5 Å². The number of ether oxygens (including phenoxy) is 2. The maximum Gasteiger partial charge on any atom is 0.329 e. The van der Waals surface area contributed by atoms with Gasteiger partial charge in [-0.3, -0.25) is 0 Å². The maximum absolute atomic E-state index is 12.1. The lowest BCUT2D eigenvalue weighted by Gasteiger charge is -2.21. The lowest BCUT2D eigenvalue weighted by molar-refractivity contribution is -0.142. The Morgan fingerprint density at radius 1 is 1.00 bits per heavy atom. The van der Waals surface area contributed by atoms with Gasteiger partial charge in [-0.25, -0.2) is 9.59 Å². The van der Waals surface area contributed by atoms with Gasteiger partial charge in [0.05, 0.1) is 14.2 Å². The molecule has 0 aromatic heterocycles. The first kappa shape index (κ1) is 19.1. The molecule has 0 aliphatic carbocycles. The summed E-state index contributed by atoms with van der Waals surface area (Å²) in [5.74, 6) is -0.463. The molecule has 26 heavy (non-hydrogen) atoms. The SMILES string of the molecule is COc1ccc(NC(=O)NC(C(=O)O)C(O)c2ccccc2)cc1OC. The summed E-state index contributed by atoms with van der Waals surface area (Å²) in [7, 11) is 2.94. The third kappa shape index (κ3) is 4.64. The smallest absolute Gasteiger partial charge is 0.329 e. The largest absolute Gasteiger partial charge is 0.493 e. The fourth-order valence-corrected chi connectivity index (χ4v) is 2.34. The average molecular weight is 360 g/mol. The Labute approximate surface area is 150 Å². The number of aliphatic hydroxyl groups is 1. The topological polar surface area (TPSA) is 117 Å². The molecule has 8 nitrogen and oxygen atoms in total. The van der Waals surface area contributed by atoms with Gasteiger partial charge in [0.1, 0.15) is 6.10 Å². The quantitative estimate of drug-likeness (QED) is 0.600. The Bertz CT molecular complexity index is 766. The highest BCUT2D eigenvalue weighted by Gasteiger charge is 2.29. The average Bonchev–Trinajstić information content (AvgIpc) is 2.65. The Kier molecular flexibility index (Phi) is 6.40. The molecule has 0 fully saturated rings. The number of carboxylic acids is 1. The summed E-state index contributed by atoms with van der Waals surface area (Å²) in [6, 6.07) is 10.6. The van der Waals surface area contributed by atoms with Crippen LogP contribution in [-0.2, 0) is 4.79 Å². The zero-order valence-electron chi connectivity index (χ0n) is 14.3. The van der Waals surface area contributed by atoms with Gasteiger partial charge in [-0.05, 0) is 17.7 Å². The minimum Gasteiger partial charge on any atom is -0.493 e. The number of nitrogens with one attached hydrogen (secondary N) is 2. The van der Waals surface area contributed by atoms with Crippen LogP contribution in [0.5, 0.6) is 11.5 Å². The van der Waals surface area contributed by atoms with Crippen LogP contribution in [0.1, 0.15) is 11.7 Å². The number of aliphatic carboxylic acids is 1. The number of rotatable bonds is 7. The molecular weight excluding hydrogens is 340 g/mol. The number of amides is 2. The van der Waals surface area contributed by atoms with Crippen molar-refractivity contribution in [2.24, 2.45) is 0 Å². The third-order valence-corrected chi connectivity index (χ3v) is 3.65. The summed E-state index contributed by atoms with van der Waals surface area (Å²) in [6.45, 7) is 0. The molecule has 0 saturated heterocycles. The molecule has 4 N–H and O–H groups in total. The molecule has 0 spiro atoms. The number of carboxylic acid groups (broad SMARTS) is 1. The molecule has 2 rings (SSSR count). The van der Waals surface area contributed by atoms with E-state index in [1.54, 1.807) is 42.5 Å². The van der Waals surface area contributed by atoms with E-state index in [1.807, 2.05) is 0 Å². The van der Waals surface area contributed by atoms with Crippen molar-refractivity contribution >= 4 is 17.7 Å². The van der Waals surface area contributed by atoms with Crippen molar-refractivity contribution in [2.45, 2.75) is 12.1 Å². The molecule has 0 aliphatic rings. The van der Waals surface area contributed by atoms with Gasteiger partial charge in [-0.2, -0.15) is 0 Å². The van der Waals surface area contributed by atoms with Crippen molar-refractivity contribution < 1.29 is 29.3 Å². The first-order valence-corrected chi connectivity index (χ1v) is 7.71. The molecule has 8 heteroatoms. The van der Waals surface area contributed by atoms with Crippen molar-refractivity contribution in [1.29, 1.82) is 0 Å². The molecule has 0 radical (unpaired) electrons. The van der Waals surface area contributed by atoms with E-state index in [1.165, 1.54) is 20.3 Å². The van der Waals surface area contributed by atoms with Gasteiger partial charge in [0, 0.05) is 11.8 Å². The van der Waals surface area contributed by atoms with E-state index in [-0.39, 0.29) is 0 Å². The first-order chi connectivity index (χ1) is 12.5. The summed E-state index contributed by atoms with van der Waals surface area (Å²) in [5, 5.41) is 24.3. The summed E-state index contributed by atoms with van der Waals surface area (Å²) in [6.07, 6.45) is -1.40. The zero-order chi connectivity index (χ0) is 19.1. The molecule has 2 unspecified atom stereocenters. The van der Waals surface area contributed by atoms with Crippen LogP contribution in [0.2, 0.25) is 0 Å². The summed E-state index contributed by atoms with van der Waals surface area (Å²) in [5.41, 5.74) is 0.754. The summed E-state index contributed by atoms with van der Waals surface area (Å²) < 4.78 is 10.3. The van der Waals surface area contributed by atoms with E-state index in [9.17, 15) is 19.8 Å². The predicted molar refractivity (Wildman–Crippen MR) is 94.5 cm³/mol. The van der Waals surface area contributed by atoms with Crippen molar-refractivity contribution in [2.75, 3.05) is 19.5 Å². The molecule has 0 saturated carbocycles. The van der Waals surface area contributed by atoms with Crippen LogP contribution >= 0.6 is 0 Å². The highest BCUT2D eigenvalue weighted by atomic mass is 16.5. The number of urea groups is 1. The molecule has 2 aromatic carbocycles. The Balaban J connectivity index is 2.10. The van der Waals surface area contributed by atoms with E-state index in [4.69, 9.17) is 9.47 Å². The molecule has 2 amide bonds. The number of hydrogen-bond acceptors (Lipinski definition) is 5. The van der Waals surface area contributed by atoms with E-state index < -0.39 is 24.1 Å². The van der Waals surface area contributed by atoms with E-state index in [0.29, 0.717) is 22.7 Å². The highest BCUT2D eigenvalue weighted by Crippen LogP contribution is 2.29. The Hall–Kier alpha value is -3.26. The van der Waals surface area contributed by atoms with Crippen LogP contribution in [0, 0.1) is 0 Å². The number of hydrogen-bond donors (Lipinski definition) is 4. The Morgan fingerprint density at radius 2 is 1.65 bits per heavy atom. The van der Waals surface area contributed by atoms with Gasteiger partial charge in [-0.1, -0.05) is 30.3 Å². The number of benzene rings is 2. The fourth-order valence-electron chi connectivity index (χ4n) is 2.34. The van der Waals surface area contributed by atoms with Gasteiger partial charge in [0.2, 0.25) is 0 Å². The molecular formula is C18H20N2O6. The summed E-state index contributed by atoms with van der Waals surface area (Å²) >= 11 is 0. The van der Waals surface area contributed by atoms with Gasteiger partial charge < -0.3 is 30.3 Å². The number of aliphatic hydroxyl groups excluding tert-OH is 1. The third-order valence-electron chi connectivity index (χ3n) is 3.65. The number of anilines is 1. The standard InChI is InChI=1S/C18H20N2O6/c1-25-13-9-8-12(10-14(13)26-2)19-18(24)20-15(17(22)23)16(21)11-6-4-3-5-7-11/h3-10,15-16,21H,1-2H3,(H,22,23)(H2,19,20,24). The fraction of sp³-hybridized carbons (Fsp3) is 0.222. The van der Waals surface area contributed by atoms with Crippen molar-refractivity contribution in [1.82, 2.24) is 5.32 Å². The summed E-state index contributed by atoms with van der Waals surface area (Å²) in [4.78, 5) is 23.6. The predicted octanol–water partition coefficient (Wildman–Crippen LogP) is 2.01. The lowest BCUT2D eigenvalue weighted by atomic mass is 10.0. The van der Waals surface area contributed by atoms with Crippen LogP contribution in [-0.4, -0.2) is 42.5 Å². The van der Waals surface area contributed by atoms with Crippen LogP contribution in [0.4, 0.5) is 10.5 Å². The Morgan fingerprint density at radius 3 is 2.23 bits per heavy atom. The van der Waals surface area contributed by atoms with Crippen LogP contribution in [0.25, 0.3) is 0 Å². The monoisotopic (exact) mass is 360 g/mol. The molecule has 2 atom stereocenters. The molecule has 0 bridgehead atoms. The van der Waals surface area contributed by atoms with Gasteiger partial charge in [0.25, 0.3) is 0 Å². The van der Waals surface area contributed by atoms with Gasteiger partial charge in [0.15, 0.2) is 17.5 Å². The molecule has 0 aliphatic heterocycles. The second kappa shape index (κ2) is 8.72. The molecule has 0 heterocycles. The second-order valence-corrected chi connectivity index (χ2v) is 5.34. The highest BCUT2D eigenvalue weighted by molar-refractivity contribution is 5.92. The van der Waals surface area contributed by atoms with Gasteiger partial charge >= 0.3 is 12.0 Å². The zero-order valence-corrected chi connectivity index (χ0v) is 14.3. The van der Waals surface area contributed by atoms with E-state index >= 15 is 0 Å². The van der Waals surface area contributed by atoms with Crippen molar-refractivity contribution in [3.63, 3.8) is 0 Å². The maximum atomic E-state index is 12.1. The minimum atomic E-state index is -1.52. The van der Waals surface area contributed by atoms with Gasteiger partial charge in [-0.15, -0.1) is 0 Å². The first-order valence-electron chi connectivity index (χ1n) is 7.71. The van der Waals surface area contributed by atoms with Crippen LogP contribution in [0.15, 0.2) is 48.5 Å². The minimum absolute atomic E-state index is 0.374. The van der Waals surface area contributed by atoms with Crippen LogP contribution in [0.3, 0.4) is 0 Å². The number of methoxy groups -OCH3 is 2. The molecule has 2 aromatic rings. The van der Waals surface area contributed by atoms with Crippen molar-refractivity contribution in [3.05, 3.63) is 54.1 Å². The van der Waals surface area contributed by atoms with E-state index in [0.717, 1.165) is 0 Å². The lowest BCUT2D eigenvalue weighted by Crippen LogP contribution is -2.46. The normalized spacial score (nSPS) is 12.6. The molecule has 138 valence electrons. The van der Waals surface area contributed by atoms with Crippen LogP contribution < -0.4 is 20.1 Å².